The van der Waals surface area contributed by atoms with E-state index in [9.17, 15) is 14.7 Å². The minimum atomic E-state index is -0.760. The van der Waals surface area contributed by atoms with Crippen molar-refractivity contribution in [1.29, 1.82) is 0 Å². The molecule has 2 aliphatic rings. The molecule has 226 valence electrons. The van der Waals surface area contributed by atoms with E-state index in [2.05, 4.69) is 11.8 Å². The summed E-state index contributed by atoms with van der Waals surface area (Å²) in [6, 6.07) is 21.5. The number of aliphatic hydroxyl groups excluding tert-OH is 1. The van der Waals surface area contributed by atoms with E-state index in [0.29, 0.717) is 61.2 Å². The molecule has 8 nitrogen and oxygen atoms in total. The highest BCUT2D eigenvalue weighted by Gasteiger charge is 2.46. The van der Waals surface area contributed by atoms with Crippen LogP contribution in [0.5, 0.6) is 17.2 Å². The SMILES string of the molecule is CCCCOc1ccc(/C(O)=C2\C(=O)C(=O)N(CCCN3CCOCC3)[C@@H]2c2cccc(Oc3ccccc3)c2)c(C)c1. The van der Waals surface area contributed by atoms with Gasteiger partial charge in [0.2, 0.25) is 0 Å². The number of para-hydroxylation sites is 1. The maximum atomic E-state index is 13.6. The summed E-state index contributed by atoms with van der Waals surface area (Å²) in [6.07, 6.45) is 2.66. The van der Waals surface area contributed by atoms with Crippen LogP contribution < -0.4 is 9.47 Å². The molecule has 43 heavy (non-hydrogen) atoms. The number of nitrogens with zero attached hydrogens (tertiary/aromatic N) is 2. The molecular formula is C35H40N2O6. The van der Waals surface area contributed by atoms with Gasteiger partial charge in [0.25, 0.3) is 11.7 Å². The molecule has 1 atom stereocenters. The van der Waals surface area contributed by atoms with Gasteiger partial charge in [-0.3, -0.25) is 14.5 Å². The number of Topliss-reactive ketones (excluding diaryl/α,β-unsaturated/α-hetero) is 1. The molecule has 8 heteroatoms. The van der Waals surface area contributed by atoms with Crippen LogP contribution in [0.2, 0.25) is 0 Å². The van der Waals surface area contributed by atoms with Gasteiger partial charge in [0.15, 0.2) is 0 Å². The van der Waals surface area contributed by atoms with E-state index in [1.165, 1.54) is 0 Å². The number of hydrogen-bond donors (Lipinski definition) is 1. The quantitative estimate of drug-likeness (QED) is 0.119. The molecule has 0 radical (unpaired) electrons. The van der Waals surface area contributed by atoms with Crippen molar-refractivity contribution in [3.05, 3.63) is 95.1 Å². The van der Waals surface area contributed by atoms with Crippen LogP contribution in [0.15, 0.2) is 78.4 Å². The molecule has 0 bridgehead atoms. The minimum Gasteiger partial charge on any atom is -0.507 e. The zero-order valence-corrected chi connectivity index (χ0v) is 25.0. The molecule has 2 fully saturated rings. The van der Waals surface area contributed by atoms with Crippen LogP contribution in [0.4, 0.5) is 0 Å². The molecule has 0 unspecified atom stereocenters. The predicted octanol–water partition coefficient (Wildman–Crippen LogP) is 6.11. The molecule has 3 aromatic carbocycles. The summed E-state index contributed by atoms with van der Waals surface area (Å²) in [4.78, 5) is 31.0. The van der Waals surface area contributed by atoms with E-state index in [4.69, 9.17) is 14.2 Å². The first-order chi connectivity index (χ1) is 21.0. The molecule has 1 amide bonds. The normalized spacial score (nSPS) is 18.7. The lowest BCUT2D eigenvalue weighted by Crippen LogP contribution is -2.38. The van der Waals surface area contributed by atoms with Crippen LogP contribution >= 0.6 is 0 Å². The largest absolute Gasteiger partial charge is 0.507 e. The molecule has 0 spiro atoms. The Labute approximate surface area is 253 Å². The highest BCUT2D eigenvalue weighted by molar-refractivity contribution is 6.46. The van der Waals surface area contributed by atoms with Crippen LogP contribution in [0.3, 0.4) is 0 Å². The smallest absolute Gasteiger partial charge is 0.295 e. The Morgan fingerprint density at radius 2 is 1.67 bits per heavy atom. The topological polar surface area (TPSA) is 88.5 Å². The maximum absolute atomic E-state index is 13.6. The van der Waals surface area contributed by atoms with Crippen molar-refractivity contribution in [3.63, 3.8) is 0 Å². The summed E-state index contributed by atoms with van der Waals surface area (Å²) in [6.45, 7) is 8.82. The zero-order valence-electron chi connectivity index (χ0n) is 25.0. The first-order valence-corrected chi connectivity index (χ1v) is 15.1. The Bertz CT molecular complexity index is 1450. The molecular weight excluding hydrogens is 544 g/mol. The fourth-order valence-electron chi connectivity index (χ4n) is 5.59. The van der Waals surface area contributed by atoms with E-state index in [1.54, 1.807) is 17.0 Å². The molecule has 2 heterocycles. The number of unbranched alkanes of at least 4 members (excludes halogenated alkanes) is 1. The monoisotopic (exact) mass is 584 g/mol. The van der Waals surface area contributed by atoms with Crippen molar-refractivity contribution in [2.24, 2.45) is 0 Å². The fraction of sp³-hybridized carbons (Fsp3) is 0.371. The lowest BCUT2D eigenvalue weighted by molar-refractivity contribution is -0.140. The van der Waals surface area contributed by atoms with Crippen molar-refractivity contribution < 1.29 is 28.9 Å². The second-order valence-corrected chi connectivity index (χ2v) is 11.0. The third-order valence-electron chi connectivity index (χ3n) is 7.89. The number of ether oxygens (including phenoxy) is 3. The number of carbonyl (C=O) groups is 2. The Balaban J connectivity index is 1.48. The van der Waals surface area contributed by atoms with Gasteiger partial charge < -0.3 is 24.2 Å². The van der Waals surface area contributed by atoms with Crippen molar-refractivity contribution in [3.8, 4) is 17.2 Å². The van der Waals surface area contributed by atoms with Crippen LogP contribution in [0.25, 0.3) is 5.76 Å². The van der Waals surface area contributed by atoms with Gasteiger partial charge in [-0.2, -0.15) is 0 Å². The first-order valence-electron chi connectivity index (χ1n) is 15.1. The molecule has 0 saturated carbocycles. The third kappa shape index (κ3) is 7.27. The minimum absolute atomic E-state index is 0.0796. The molecule has 2 aliphatic heterocycles. The average molecular weight is 585 g/mol. The molecule has 0 aromatic heterocycles. The first kappa shape index (κ1) is 30.3. The Morgan fingerprint density at radius 1 is 0.907 bits per heavy atom. The number of likely N-dealkylation sites (tertiary alicyclic amines) is 1. The number of aliphatic hydroxyl groups is 1. The summed E-state index contributed by atoms with van der Waals surface area (Å²) in [5.41, 5.74) is 2.02. The molecule has 5 rings (SSSR count). The average Bonchev–Trinajstić information content (AvgIpc) is 3.27. The van der Waals surface area contributed by atoms with Gasteiger partial charge in [-0.15, -0.1) is 0 Å². The van der Waals surface area contributed by atoms with Crippen molar-refractivity contribution in [2.75, 3.05) is 46.0 Å². The fourth-order valence-corrected chi connectivity index (χ4v) is 5.59. The number of benzene rings is 3. The van der Waals surface area contributed by atoms with E-state index < -0.39 is 17.7 Å². The van der Waals surface area contributed by atoms with Crippen LogP contribution in [-0.2, 0) is 14.3 Å². The summed E-state index contributed by atoms with van der Waals surface area (Å²) in [5, 5.41) is 11.7. The molecule has 1 N–H and O–H groups in total. The molecule has 0 aliphatic carbocycles. The van der Waals surface area contributed by atoms with Crippen LogP contribution in [0, 0.1) is 6.92 Å². The number of hydrogen-bond acceptors (Lipinski definition) is 7. The summed E-state index contributed by atoms with van der Waals surface area (Å²) < 4.78 is 17.4. The van der Waals surface area contributed by atoms with E-state index in [1.807, 2.05) is 67.6 Å². The van der Waals surface area contributed by atoms with Crippen LogP contribution in [0.1, 0.15) is 48.9 Å². The summed E-state index contributed by atoms with van der Waals surface area (Å²) >= 11 is 0. The van der Waals surface area contributed by atoms with E-state index in [0.717, 1.165) is 38.0 Å². The summed E-state index contributed by atoms with van der Waals surface area (Å²) in [5.74, 6) is 0.467. The van der Waals surface area contributed by atoms with Gasteiger partial charge in [0.1, 0.15) is 23.0 Å². The van der Waals surface area contributed by atoms with Crippen molar-refractivity contribution >= 4 is 17.4 Å². The van der Waals surface area contributed by atoms with Gasteiger partial charge in [-0.05, 0) is 73.4 Å². The van der Waals surface area contributed by atoms with Gasteiger partial charge >= 0.3 is 0 Å². The Hall–Kier alpha value is -4.14. The van der Waals surface area contributed by atoms with Crippen molar-refractivity contribution in [1.82, 2.24) is 9.80 Å². The number of morpholine rings is 1. The molecule has 3 aromatic rings. The highest BCUT2D eigenvalue weighted by atomic mass is 16.5. The van der Waals surface area contributed by atoms with Gasteiger partial charge in [-0.25, -0.2) is 0 Å². The lowest BCUT2D eigenvalue weighted by atomic mass is 9.93. The van der Waals surface area contributed by atoms with E-state index >= 15 is 0 Å². The van der Waals surface area contributed by atoms with Crippen LogP contribution in [-0.4, -0.2) is 72.6 Å². The lowest BCUT2D eigenvalue weighted by Gasteiger charge is -2.29. The van der Waals surface area contributed by atoms with E-state index in [-0.39, 0.29) is 11.3 Å². The third-order valence-corrected chi connectivity index (χ3v) is 7.89. The van der Waals surface area contributed by atoms with Gasteiger partial charge in [0.05, 0.1) is 31.4 Å². The second kappa shape index (κ2) is 14.4. The molecule has 2 saturated heterocycles. The number of aryl methyl sites for hydroxylation is 1. The van der Waals surface area contributed by atoms with Gasteiger partial charge in [-0.1, -0.05) is 43.7 Å². The number of amides is 1. The standard InChI is InChI=1S/C35H40N2O6/c1-3-4-20-42-28-14-15-30(25(2)23-28)33(38)31-32(26-10-8-13-29(24-26)43-27-11-6-5-7-12-27)37(35(40)34(31)39)17-9-16-36-18-21-41-22-19-36/h5-8,10-15,23-24,32,38H,3-4,9,16-22H2,1-2H3/b33-31+/t32-/m1/s1. The number of ketones is 1. The number of rotatable bonds is 12. The predicted molar refractivity (Wildman–Crippen MR) is 165 cm³/mol. The number of carbonyl (C=O) groups excluding carboxylic acids is 2. The Kier molecular flexibility index (Phi) is 10.1. The highest BCUT2D eigenvalue weighted by Crippen LogP contribution is 2.41. The second-order valence-electron chi connectivity index (χ2n) is 11.0. The maximum Gasteiger partial charge on any atom is 0.295 e. The summed E-state index contributed by atoms with van der Waals surface area (Å²) in [7, 11) is 0. The Morgan fingerprint density at radius 3 is 2.42 bits per heavy atom. The van der Waals surface area contributed by atoms with Crippen molar-refractivity contribution in [2.45, 2.75) is 39.2 Å². The zero-order chi connectivity index (χ0) is 30.2. The van der Waals surface area contributed by atoms with Gasteiger partial charge in [0, 0.05) is 31.7 Å².